The first-order valence-electron chi connectivity index (χ1n) is 5.52. The fraction of sp³-hybridized carbons (Fsp3) is 0. The second-order valence-corrected chi connectivity index (χ2v) is 5.85. The molecule has 0 N–H and O–H groups in total. The molecule has 0 saturated carbocycles. The second-order valence-electron chi connectivity index (χ2n) is 3.78. The van der Waals surface area contributed by atoms with Crippen LogP contribution in [-0.2, 0) is 31.5 Å². The molecule has 0 saturated heterocycles. The minimum Gasteiger partial charge on any atom is -0.234 e. The summed E-state index contributed by atoms with van der Waals surface area (Å²) in [5, 5.41) is 1.56. The number of rotatable bonds is 2. The van der Waals surface area contributed by atoms with E-state index in [2.05, 4.69) is 0 Å². The number of carbonyl (C=O) groups excluding carboxylic acids is 3. The zero-order chi connectivity index (χ0) is 13.7. The molecule has 0 fully saturated rings. The van der Waals surface area contributed by atoms with Gasteiger partial charge in [-0.05, 0) is 11.4 Å². The summed E-state index contributed by atoms with van der Waals surface area (Å²) in [5.74, 6) is 3.43. The van der Waals surface area contributed by atoms with E-state index in [1.54, 1.807) is 24.0 Å². The van der Waals surface area contributed by atoms with Crippen molar-refractivity contribution >= 4 is 35.7 Å². The molecular weight excluding hydrogens is 315 g/mol. The summed E-state index contributed by atoms with van der Waals surface area (Å²) in [5.41, 5.74) is 2.00. The first-order chi connectivity index (χ1) is 9.31. The molecule has 0 bridgehead atoms. The minimum absolute atomic E-state index is 0. The van der Waals surface area contributed by atoms with Gasteiger partial charge in [0.25, 0.3) is 0 Å². The third-order valence-electron chi connectivity index (χ3n) is 2.71. The zero-order valence-electron chi connectivity index (χ0n) is 10.2. The van der Waals surface area contributed by atoms with E-state index in [0.29, 0.717) is 5.30 Å². The van der Waals surface area contributed by atoms with E-state index in [1.165, 1.54) is 6.07 Å². The maximum atomic E-state index is 11.3. The smallest absolute Gasteiger partial charge is 0.134 e. The molecule has 0 radical (unpaired) electrons. The van der Waals surface area contributed by atoms with Crippen molar-refractivity contribution < 1.29 is 31.5 Å². The summed E-state index contributed by atoms with van der Waals surface area (Å²) in [6, 6.07) is 13.9. The Morgan fingerprint density at radius 2 is 1.50 bits per heavy atom. The molecule has 0 aliphatic rings. The van der Waals surface area contributed by atoms with Crippen molar-refractivity contribution in [1.29, 1.82) is 0 Å². The quantitative estimate of drug-likeness (QED) is 0.522. The molecule has 2 aromatic rings. The standard InChI is InChI=1S/C15H9O3P.Fe/c16-9-12-5-4-8-15(14(12)10-17)19(11-18)13-6-2-1-3-7-13;/h1-8,19H;. The normalized spacial score (nSPS) is 10.4. The van der Waals surface area contributed by atoms with Crippen LogP contribution >= 0.6 is 7.55 Å². The van der Waals surface area contributed by atoms with Crippen LogP contribution in [0.3, 0.4) is 0 Å². The van der Waals surface area contributed by atoms with Crippen LogP contribution in [0.2, 0.25) is 0 Å². The molecule has 100 valence electrons. The van der Waals surface area contributed by atoms with E-state index in [1.807, 2.05) is 36.0 Å². The summed E-state index contributed by atoms with van der Waals surface area (Å²) >= 11 is 0. The van der Waals surface area contributed by atoms with Crippen molar-refractivity contribution in [3.63, 3.8) is 0 Å². The summed E-state index contributed by atoms with van der Waals surface area (Å²) in [6.07, 6.45) is 0. The van der Waals surface area contributed by atoms with Gasteiger partial charge in [0.05, 0.1) is 10.4 Å². The second kappa shape index (κ2) is 7.65. The predicted molar refractivity (Wildman–Crippen MR) is 75.0 cm³/mol. The minimum atomic E-state index is -1.86. The van der Waals surface area contributed by atoms with E-state index in [4.69, 9.17) is 0 Å². The summed E-state index contributed by atoms with van der Waals surface area (Å²) in [7, 11) is -1.86. The maximum Gasteiger partial charge on any atom is 0.134 e. The molecule has 2 aromatic carbocycles. The largest absolute Gasteiger partial charge is 0.234 e. The summed E-state index contributed by atoms with van der Waals surface area (Å²) < 4.78 is 0. The number of hydrogen-bond acceptors (Lipinski definition) is 3. The molecular formula is C15H9FeO3P. The molecule has 20 heavy (non-hydrogen) atoms. The van der Waals surface area contributed by atoms with Crippen molar-refractivity contribution in [2.45, 2.75) is 0 Å². The van der Waals surface area contributed by atoms with Gasteiger partial charge in [-0.1, -0.05) is 42.5 Å². The SMILES string of the molecule is O=C=c1cccc([PH](=C=O)c2ccccc2)c1=C=O.[Fe]. The zero-order valence-corrected chi connectivity index (χ0v) is 12.3. The summed E-state index contributed by atoms with van der Waals surface area (Å²) in [6.45, 7) is 0. The van der Waals surface area contributed by atoms with Gasteiger partial charge >= 0.3 is 0 Å². The van der Waals surface area contributed by atoms with Crippen molar-refractivity contribution in [3.05, 3.63) is 59.0 Å². The van der Waals surface area contributed by atoms with Gasteiger partial charge in [-0.3, -0.25) is 0 Å². The Balaban J connectivity index is 0.00000200. The van der Waals surface area contributed by atoms with Crippen molar-refractivity contribution in [2.75, 3.05) is 0 Å². The molecule has 1 unspecified atom stereocenters. The molecule has 2 rings (SSSR count). The van der Waals surface area contributed by atoms with Crippen LogP contribution in [0.25, 0.3) is 0 Å². The third kappa shape index (κ3) is 3.17. The Morgan fingerprint density at radius 1 is 0.800 bits per heavy atom. The third-order valence-corrected chi connectivity index (χ3v) is 4.78. The van der Waals surface area contributed by atoms with Crippen LogP contribution in [0.15, 0.2) is 48.5 Å². The molecule has 0 amide bonds. The maximum absolute atomic E-state index is 11.3. The first-order valence-corrected chi connectivity index (χ1v) is 7.02. The predicted octanol–water partition coefficient (Wildman–Crippen LogP) is -1.08. The van der Waals surface area contributed by atoms with E-state index in [0.717, 1.165) is 5.30 Å². The molecule has 1 atom stereocenters. The van der Waals surface area contributed by atoms with Gasteiger partial charge in [0.2, 0.25) is 0 Å². The van der Waals surface area contributed by atoms with Crippen molar-refractivity contribution in [1.82, 2.24) is 0 Å². The fourth-order valence-electron chi connectivity index (χ4n) is 1.83. The molecule has 0 aliphatic carbocycles. The number of benzene rings is 2. The Bertz CT molecular complexity index is 829. The van der Waals surface area contributed by atoms with Gasteiger partial charge in [0, 0.05) is 29.9 Å². The van der Waals surface area contributed by atoms with Crippen LogP contribution in [0, 0.1) is 0 Å². The molecule has 5 heteroatoms. The summed E-state index contributed by atoms with van der Waals surface area (Å²) in [4.78, 5) is 33.1. The van der Waals surface area contributed by atoms with Gasteiger partial charge in [0.1, 0.15) is 17.5 Å². The van der Waals surface area contributed by atoms with Gasteiger partial charge < -0.3 is 0 Å². The van der Waals surface area contributed by atoms with E-state index < -0.39 is 7.55 Å². The van der Waals surface area contributed by atoms with Gasteiger partial charge in [0.15, 0.2) is 0 Å². The van der Waals surface area contributed by atoms with Crippen LogP contribution in [0.1, 0.15) is 0 Å². The molecule has 0 spiro atoms. The molecule has 0 heterocycles. The van der Waals surface area contributed by atoms with Gasteiger partial charge in [-0.2, -0.15) is 0 Å². The first kappa shape index (κ1) is 16.2. The van der Waals surface area contributed by atoms with E-state index >= 15 is 0 Å². The van der Waals surface area contributed by atoms with Crippen LogP contribution in [0.4, 0.5) is 0 Å². The van der Waals surface area contributed by atoms with Crippen molar-refractivity contribution in [2.24, 2.45) is 0 Å². The fourth-order valence-corrected chi connectivity index (χ4v) is 3.59. The Morgan fingerprint density at radius 3 is 2.05 bits per heavy atom. The van der Waals surface area contributed by atoms with Crippen molar-refractivity contribution in [3.8, 4) is 0 Å². The number of hydrogen-bond donors (Lipinski definition) is 0. The Kier molecular flexibility index (Phi) is 6.19. The average Bonchev–Trinajstić information content (AvgIpc) is 2.48. The van der Waals surface area contributed by atoms with E-state index in [-0.39, 0.29) is 27.5 Å². The molecule has 0 aromatic heterocycles. The molecule has 3 nitrogen and oxygen atoms in total. The van der Waals surface area contributed by atoms with Crippen LogP contribution in [0.5, 0.6) is 0 Å². The molecule has 0 aliphatic heterocycles. The topological polar surface area (TPSA) is 51.2 Å². The van der Waals surface area contributed by atoms with Gasteiger partial charge in [-0.15, -0.1) is 0 Å². The van der Waals surface area contributed by atoms with Gasteiger partial charge in [-0.25, -0.2) is 14.4 Å². The Hall–Kier alpha value is -1.87. The van der Waals surface area contributed by atoms with Crippen LogP contribution in [-0.4, -0.2) is 17.5 Å². The van der Waals surface area contributed by atoms with E-state index in [9.17, 15) is 14.4 Å². The Labute approximate surface area is 126 Å². The average molecular weight is 324 g/mol. The van der Waals surface area contributed by atoms with Crippen LogP contribution < -0.4 is 21.0 Å². The monoisotopic (exact) mass is 324 g/mol.